The number of rotatable bonds is 12. The van der Waals surface area contributed by atoms with Crippen molar-refractivity contribution in [1.82, 2.24) is 20.4 Å². The van der Waals surface area contributed by atoms with E-state index in [1.54, 1.807) is 0 Å². The third kappa shape index (κ3) is 10.3. The van der Waals surface area contributed by atoms with Crippen LogP contribution in [0, 0.1) is 5.92 Å². The smallest absolute Gasteiger partial charge is 0.318 e. The molecule has 8 heteroatoms. The molecule has 0 aromatic heterocycles. The van der Waals surface area contributed by atoms with Crippen LogP contribution in [0.2, 0.25) is 0 Å². The van der Waals surface area contributed by atoms with E-state index in [1.807, 2.05) is 85.3 Å². The number of hydrogen-bond donors (Lipinski definition) is 2. The van der Waals surface area contributed by atoms with Crippen molar-refractivity contribution in [3.05, 3.63) is 65.7 Å². The normalized spacial score (nSPS) is 17.3. The number of nitrogens with one attached hydrogen (secondary N) is 2. The van der Waals surface area contributed by atoms with Gasteiger partial charge in [-0.05, 0) is 61.3 Å². The van der Waals surface area contributed by atoms with Crippen LogP contribution < -0.4 is 15.4 Å². The van der Waals surface area contributed by atoms with Gasteiger partial charge in [-0.15, -0.1) is 0 Å². The van der Waals surface area contributed by atoms with Crippen molar-refractivity contribution in [3.8, 4) is 5.75 Å². The van der Waals surface area contributed by atoms with Gasteiger partial charge in [0.1, 0.15) is 24.4 Å². The average molecular weight is 605 g/mol. The molecule has 2 N–H and O–H groups in total. The lowest BCUT2D eigenvalue weighted by Crippen LogP contribution is -2.57. The van der Waals surface area contributed by atoms with Crippen molar-refractivity contribution in [3.63, 3.8) is 0 Å². The summed E-state index contributed by atoms with van der Waals surface area (Å²) in [6.07, 6.45) is 10.5. The van der Waals surface area contributed by atoms with Crippen LogP contribution in [0.25, 0.3) is 0 Å². The van der Waals surface area contributed by atoms with Gasteiger partial charge in [-0.25, -0.2) is 4.79 Å². The summed E-state index contributed by atoms with van der Waals surface area (Å²) >= 11 is 0. The number of carbonyl (C=O) groups is 3. The van der Waals surface area contributed by atoms with Gasteiger partial charge in [0.05, 0.1) is 0 Å². The molecule has 8 nitrogen and oxygen atoms in total. The Labute approximate surface area is 263 Å². The zero-order chi connectivity index (χ0) is 31.3. The van der Waals surface area contributed by atoms with E-state index in [2.05, 4.69) is 10.6 Å². The zero-order valence-electron chi connectivity index (χ0n) is 26.9. The van der Waals surface area contributed by atoms with Crippen molar-refractivity contribution < 1.29 is 19.1 Å². The van der Waals surface area contributed by atoms with E-state index in [9.17, 15) is 14.4 Å². The molecule has 0 bridgehead atoms. The van der Waals surface area contributed by atoms with Crippen LogP contribution in [0.5, 0.6) is 5.75 Å². The molecule has 2 fully saturated rings. The van der Waals surface area contributed by atoms with Gasteiger partial charge in [0.15, 0.2) is 0 Å². The predicted octanol–water partition coefficient (Wildman–Crippen LogP) is 6.08. The molecule has 1 saturated carbocycles. The fraction of sp³-hybridized carbons (Fsp3) is 0.583. The fourth-order valence-electron chi connectivity index (χ4n) is 6.28. The molecule has 1 heterocycles. The number of carbonyl (C=O) groups excluding carboxylic acids is 3. The Hall–Kier alpha value is -3.55. The largest absolute Gasteiger partial charge is 0.489 e. The van der Waals surface area contributed by atoms with E-state index in [0.717, 1.165) is 68.2 Å². The number of benzene rings is 2. The summed E-state index contributed by atoms with van der Waals surface area (Å²) in [4.78, 5) is 44.6. The average Bonchev–Trinajstić information content (AvgIpc) is 3.34. The minimum atomic E-state index is -0.740. The maximum absolute atomic E-state index is 14.0. The topological polar surface area (TPSA) is 91.0 Å². The first-order chi connectivity index (χ1) is 21.3. The lowest BCUT2D eigenvalue weighted by Gasteiger charge is -2.34. The maximum atomic E-state index is 14.0. The summed E-state index contributed by atoms with van der Waals surface area (Å²) in [5.74, 6) is 0.548. The van der Waals surface area contributed by atoms with Gasteiger partial charge in [-0.2, -0.15) is 0 Å². The van der Waals surface area contributed by atoms with Gasteiger partial charge in [0, 0.05) is 32.6 Å². The third-order valence-corrected chi connectivity index (χ3v) is 8.91. The van der Waals surface area contributed by atoms with Gasteiger partial charge in [0.25, 0.3) is 0 Å². The summed E-state index contributed by atoms with van der Waals surface area (Å²) in [6.45, 7) is 5.98. The summed E-state index contributed by atoms with van der Waals surface area (Å²) in [5, 5.41) is 6.09. The number of nitrogens with zero attached hydrogens (tertiary/aromatic N) is 2. The molecule has 0 radical (unpaired) electrons. The molecule has 2 aromatic carbocycles. The van der Waals surface area contributed by atoms with E-state index in [1.165, 1.54) is 6.42 Å². The molecule has 4 rings (SSSR count). The molecule has 1 saturated heterocycles. The lowest BCUT2D eigenvalue weighted by atomic mass is 9.93. The van der Waals surface area contributed by atoms with E-state index in [0.29, 0.717) is 32.5 Å². The minimum absolute atomic E-state index is 0.0863. The summed E-state index contributed by atoms with van der Waals surface area (Å²) in [5.41, 5.74) is 2.02. The van der Waals surface area contributed by atoms with Crippen LogP contribution in [-0.4, -0.2) is 65.9 Å². The second kappa shape index (κ2) is 17.1. The Morgan fingerprint density at radius 1 is 0.818 bits per heavy atom. The second-order valence-corrected chi connectivity index (χ2v) is 13.0. The van der Waals surface area contributed by atoms with Crippen molar-refractivity contribution in [1.29, 1.82) is 0 Å². The number of hydrogen-bond acceptors (Lipinski definition) is 4. The van der Waals surface area contributed by atoms with Crippen molar-refractivity contribution >= 4 is 17.8 Å². The number of likely N-dealkylation sites (N-methyl/N-ethyl adjacent to an activating group) is 1. The quantitative estimate of drug-likeness (QED) is 0.307. The maximum Gasteiger partial charge on any atom is 0.318 e. The SMILES string of the molecule is CC(C)C[C@H](NC(=O)N1CCCCCC1)C(=O)N[C@@H](Cc1ccc(OCc2ccccc2)cc1)C(=O)N(C)C1CCCCC1. The Balaban J connectivity index is 1.46. The molecule has 0 spiro atoms. The van der Waals surface area contributed by atoms with Crippen LogP contribution >= 0.6 is 0 Å². The molecule has 240 valence electrons. The molecule has 2 aromatic rings. The van der Waals surface area contributed by atoms with Crippen LogP contribution in [-0.2, 0) is 22.6 Å². The third-order valence-electron chi connectivity index (χ3n) is 8.91. The van der Waals surface area contributed by atoms with E-state index >= 15 is 0 Å². The molecule has 4 amide bonds. The monoisotopic (exact) mass is 604 g/mol. The molecule has 44 heavy (non-hydrogen) atoms. The molecular formula is C36H52N4O4. The number of ether oxygens (including phenoxy) is 1. The molecule has 2 aliphatic rings. The van der Waals surface area contributed by atoms with Gasteiger partial charge < -0.3 is 25.2 Å². The lowest BCUT2D eigenvalue weighted by molar-refractivity contribution is -0.138. The van der Waals surface area contributed by atoms with Gasteiger partial charge in [-0.3, -0.25) is 9.59 Å². The molecule has 1 aliphatic heterocycles. The molecular weight excluding hydrogens is 552 g/mol. The Bertz CT molecular complexity index is 1170. The minimum Gasteiger partial charge on any atom is -0.489 e. The summed E-state index contributed by atoms with van der Waals surface area (Å²) < 4.78 is 5.96. The number of likely N-dealkylation sites (tertiary alicyclic amines) is 1. The summed E-state index contributed by atoms with van der Waals surface area (Å²) in [7, 11) is 1.87. The molecule has 0 unspecified atom stereocenters. The van der Waals surface area contributed by atoms with Crippen LogP contribution in [0.4, 0.5) is 4.79 Å². The molecule has 1 aliphatic carbocycles. The van der Waals surface area contributed by atoms with Crippen molar-refractivity contribution in [2.24, 2.45) is 5.92 Å². The fourth-order valence-corrected chi connectivity index (χ4v) is 6.28. The van der Waals surface area contributed by atoms with Crippen molar-refractivity contribution in [2.75, 3.05) is 20.1 Å². The van der Waals surface area contributed by atoms with Gasteiger partial charge in [-0.1, -0.05) is 88.4 Å². The highest BCUT2D eigenvalue weighted by Gasteiger charge is 2.32. The number of urea groups is 1. The summed E-state index contributed by atoms with van der Waals surface area (Å²) in [6, 6.07) is 16.3. The number of amides is 4. The van der Waals surface area contributed by atoms with Gasteiger partial charge >= 0.3 is 6.03 Å². The van der Waals surface area contributed by atoms with Crippen LogP contribution in [0.15, 0.2) is 54.6 Å². The first kappa shape index (κ1) is 33.3. The van der Waals surface area contributed by atoms with E-state index < -0.39 is 12.1 Å². The highest BCUT2D eigenvalue weighted by atomic mass is 16.5. The van der Waals surface area contributed by atoms with Gasteiger partial charge in [0.2, 0.25) is 11.8 Å². The first-order valence-electron chi connectivity index (χ1n) is 16.7. The standard InChI is InChI=1S/C36H52N4O4/c1-27(2)24-32(38-36(43)40-22-12-4-5-13-23-40)34(41)37-33(35(42)39(3)30-16-10-7-11-17-30)25-28-18-20-31(21-19-28)44-26-29-14-8-6-9-15-29/h6,8-9,14-15,18-21,27,30,32-33H,4-5,7,10-13,16-17,22-26H2,1-3H3,(H,37,41)(H,38,43)/t32-,33-/m0/s1. The highest BCUT2D eigenvalue weighted by molar-refractivity contribution is 5.92. The van der Waals surface area contributed by atoms with Crippen LogP contribution in [0.1, 0.15) is 89.2 Å². The molecule has 2 atom stereocenters. The van der Waals surface area contributed by atoms with E-state index in [-0.39, 0.29) is 29.8 Å². The Morgan fingerprint density at radius 2 is 1.45 bits per heavy atom. The van der Waals surface area contributed by atoms with Crippen LogP contribution in [0.3, 0.4) is 0 Å². The first-order valence-corrected chi connectivity index (χ1v) is 16.7. The Morgan fingerprint density at radius 3 is 2.09 bits per heavy atom. The highest BCUT2D eigenvalue weighted by Crippen LogP contribution is 2.23. The van der Waals surface area contributed by atoms with E-state index in [4.69, 9.17) is 4.74 Å². The zero-order valence-corrected chi connectivity index (χ0v) is 26.9. The predicted molar refractivity (Wildman–Crippen MR) is 174 cm³/mol. The Kier molecular flexibility index (Phi) is 12.9. The second-order valence-electron chi connectivity index (χ2n) is 13.0. The van der Waals surface area contributed by atoms with Crippen molar-refractivity contribution in [2.45, 2.75) is 109 Å².